The van der Waals surface area contributed by atoms with E-state index in [1.54, 1.807) is 38.3 Å². The number of nitrogens with one attached hydrogen (secondary N) is 2. The first-order chi connectivity index (χ1) is 11.0. The van der Waals surface area contributed by atoms with Crippen molar-refractivity contribution in [1.29, 1.82) is 0 Å². The van der Waals surface area contributed by atoms with E-state index in [-0.39, 0.29) is 11.6 Å². The number of hydrogen-bond acceptors (Lipinski definition) is 5. The number of anilines is 2. The quantitative estimate of drug-likeness (QED) is 0.779. The fourth-order valence-corrected chi connectivity index (χ4v) is 2.17. The molecule has 0 spiro atoms. The Labute approximate surface area is 144 Å². The minimum absolute atomic E-state index is 0.259. The van der Waals surface area contributed by atoms with Gasteiger partial charge >= 0.3 is 0 Å². The van der Waals surface area contributed by atoms with Crippen LogP contribution < -0.4 is 10.6 Å². The number of nitrogens with zero attached hydrogens (tertiary/aromatic N) is 2. The molecular weight excluding hydrogens is 339 g/mol. The lowest BCUT2D eigenvalue weighted by molar-refractivity contribution is 0.0932. The zero-order valence-corrected chi connectivity index (χ0v) is 14.2. The summed E-state index contributed by atoms with van der Waals surface area (Å²) in [4.78, 5) is 20.4. The predicted molar refractivity (Wildman–Crippen MR) is 90.7 cm³/mol. The van der Waals surface area contributed by atoms with Crippen molar-refractivity contribution in [1.82, 2.24) is 15.3 Å². The standard InChI is InChI=1S/C15H16Cl2N4O2/c1-9-19-13(15(22)18-5-6-23-2)8-14(20-9)21-12-7-10(16)3-4-11(12)17/h3-4,7-8H,5-6H2,1-2H3,(H,18,22)(H,19,20,21). The third-order valence-electron chi connectivity index (χ3n) is 2.85. The summed E-state index contributed by atoms with van der Waals surface area (Å²) in [7, 11) is 1.57. The summed E-state index contributed by atoms with van der Waals surface area (Å²) < 4.78 is 4.89. The molecule has 0 fully saturated rings. The molecule has 0 saturated heterocycles. The van der Waals surface area contributed by atoms with E-state index in [1.807, 2.05) is 0 Å². The lowest BCUT2D eigenvalue weighted by Crippen LogP contribution is -2.28. The van der Waals surface area contributed by atoms with Crippen molar-refractivity contribution in [2.24, 2.45) is 0 Å². The van der Waals surface area contributed by atoms with Crippen LogP contribution in [0.4, 0.5) is 11.5 Å². The normalized spacial score (nSPS) is 10.4. The number of amides is 1. The van der Waals surface area contributed by atoms with E-state index < -0.39 is 0 Å². The Hall–Kier alpha value is -1.89. The van der Waals surface area contributed by atoms with Crippen LogP contribution in [-0.4, -0.2) is 36.1 Å². The fraction of sp³-hybridized carbons (Fsp3) is 0.267. The molecule has 2 rings (SSSR count). The average Bonchev–Trinajstić information content (AvgIpc) is 2.50. The third kappa shape index (κ3) is 5.06. The zero-order valence-electron chi connectivity index (χ0n) is 12.7. The Balaban J connectivity index is 2.20. The second-order valence-electron chi connectivity index (χ2n) is 4.68. The maximum atomic E-state index is 12.1. The molecule has 122 valence electrons. The maximum absolute atomic E-state index is 12.1. The molecule has 2 N–H and O–H groups in total. The van der Waals surface area contributed by atoms with Gasteiger partial charge in [0.15, 0.2) is 0 Å². The first kappa shape index (κ1) is 17.5. The van der Waals surface area contributed by atoms with Crippen LogP contribution in [-0.2, 0) is 4.74 Å². The SMILES string of the molecule is COCCNC(=O)c1cc(Nc2cc(Cl)ccc2Cl)nc(C)n1. The van der Waals surface area contributed by atoms with Gasteiger partial charge in [-0.15, -0.1) is 0 Å². The van der Waals surface area contributed by atoms with E-state index in [0.717, 1.165) is 0 Å². The number of aryl methyl sites for hydroxylation is 1. The second kappa shape index (κ2) is 8.10. The Bertz CT molecular complexity index is 710. The lowest BCUT2D eigenvalue weighted by Gasteiger charge is -2.10. The molecule has 23 heavy (non-hydrogen) atoms. The molecule has 0 bridgehead atoms. The van der Waals surface area contributed by atoms with Gasteiger partial charge in [-0.1, -0.05) is 23.2 Å². The minimum atomic E-state index is -0.298. The highest BCUT2D eigenvalue weighted by Gasteiger charge is 2.11. The zero-order chi connectivity index (χ0) is 16.8. The van der Waals surface area contributed by atoms with Crippen LogP contribution in [0.1, 0.15) is 16.3 Å². The van der Waals surface area contributed by atoms with E-state index in [2.05, 4.69) is 20.6 Å². The van der Waals surface area contributed by atoms with E-state index in [1.165, 1.54) is 0 Å². The molecule has 1 aromatic carbocycles. The van der Waals surface area contributed by atoms with Gasteiger partial charge < -0.3 is 15.4 Å². The van der Waals surface area contributed by atoms with Gasteiger partial charge in [-0.05, 0) is 25.1 Å². The number of carbonyl (C=O) groups is 1. The molecule has 1 aromatic heterocycles. The van der Waals surface area contributed by atoms with E-state index >= 15 is 0 Å². The Kier molecular flexibility index (Phi) is 6.15. The number of carbonyl (C=O) groups excluding carboxylic acids is 1. The molecule has 0 unspecified atom stereocenters. The summed E-state index contributed by atoms with van der Waals surface area (Å²) in [6.45, 7) is 2.54. The van der Waals surface area contributed by atoms with Crippen molar-refractivity contribution in [3.05, 3.63) is 45.8 Å². The largest absolute Gasteiger partial charge is 0.383 e. The highest BCUT2D eigenvalue weighted by atomic mass is 35.5. The molecule has 2 aromatic rings. The van der Waals surface area contributed by atoms with Gasteiger partial charge in [0.25, 0.3) is 5.91 Å². The highest BCUT2D eigenvalue weighted by Crippen LogP contribution is 2.27. The predicted octanol–water partition coefficient (Wildman–Crippen LogP) is 3.21. The average molecular weight is 355 g/mol. The van der Waals surface area contributed by atoms with Gasteiger partial charge in [0.1, 0.15) is 17.3 Å². The Morgan fingerprint density at radius 3 is 2.78 bits per heavy atom. The van der Waals surface area contributed by atoms with Gasteiger partial charge in [-0.25, -0.2) is 9.97 Å². The summed E-state index contributed by atoms with van der Waals surface area (Å²) in [6.07, 6.45) is 0. The monoisotopic (exact) mass is 354 g/mol. The molecule has 1 amide bonds. The van der Waals surface area contributed by atoms with E-state index in [0.29, 0.717) is 40.5 Å². The third-order valence-corrected chi connectivity index (χ3v) is 3.42. The summed E-state index contributed by atoms with van der Waals surface area (Å²) in [5, 5.41) is 6.79. The number of halogens is 2. The summed E-state index contributed by atoms with van der Waals surface area (Å²) in [5.74, 6) is 0.622. The smallest absolute Gasteiger partial charge is 0.270 e. The molecular formula is C15H16Cl2N4O2. The van der Waals surface area contributed by atoms with Crippen molar-refractivity contribution in [2.45, 2.75) is 6.92 Å². The van der Waals surface area contributed by atoms with Crippen LogP contribution in [0.15, 0.2) is 24.3 Å². The van der Waals surface area contributed by atoms with Crippen LogP contribution in [0.5, 0.6) is 0 Å². The molecule has 6 nitrogen and oxygen atoms in total. The van der Waals surface area contributed by atoms with Crippen molar-refractivity contribution in [3.8, 4) is 0 Å². The maximum Gasteiger partial charge on any atom is 0.270 e. The number of rotatable bonds is 6. The minimum Gasteiger partial charge on any atom is -0.383 e. The molecule has 0 atom stereocenters. The summed E-state index contributed by atoms with van der Waals surface area (Å²) in [5.41, 5.74) is 0.859. The van der Waals surface area contributed by atoms with E-state index in [4.69, 9.17) is 27.9 Å². The fourth-order valence-electron chi connectivity index (χ4n) is 1.84. The highest BCUT2D eigenvalue weighted by molar-refractivity contribution is 6.35. The van der Waals surface area contributed by atoms with Gasteiger partial charge in [0.05, 0.1) is 17.3 Å². The number of hydrogen-bond donors (Lipinski definition) is 2. The first-order valence-electron chi connectivity index (χ1n) is 6.84. The molecule has 0 saturated carbocycles. The van der Waals surface area contributed by atoms with E-state index in [9.17, 15) is 4.79 Å². The molecule has 8 heteroatoms. The van der Waals surface area contributed by atoms with Crippen LogP contribution in [0.3, 0.4) is 0 Å². The van der Waals surface area contributed by atoms with Gasteiger partial charge in [-0.3, -0.25) is 4.79 Å². The number of aromatic nitrogens is 2. The Morgan fingerprint density at radius 1 is 1.26 bits per heavy atom. The summed E-state index contributed by atoms with van der Waals surface area (Å²) in [6, 6.07) is 6.60. The van der Waals surface area contributed by atoms with Crippen molar-refractivity contribution < 1.29 is 9.53 Å². The van der Waals surface area contributed by atoms with Crippen molar-refractivity contribution in [3.63, 3.8) is 0 Å². The van der Waals surface area contributed by atoms with Crippen LogP contribution in [0, 0.1) is 6.92 Å². The van der Waals surface area contributed by atoms with Crippen LogP contribution in [0.25, 0.3) is 0 Å². The summed E-state index contributed by atoms with van der Waals surface area (Å²) >= 11 is 12.1. The second-order valence-corrected chi connectivity index (χ2v) is 5.53. The topological polar surface area (TPSA) is 76.1 Å². The first-order valence-corrected chi connectivity index (χ1v) is 7.60. The van der Waals surface area contributed by atoms with Crippen LogP contribution in [0.2, 0.25) is 10.0 Å². The molecule has 0 aliphatic carbocycles. The van der Waals surface area contributed by atoms with Crippen LogP contribution >= 0.6 is 23.2 Å². The Morgan fingerprint density at radius 2 is 2.04 bits per heavy atom. The lowest BCUT2D eigenvalue weighted by atomic mass is 10.3. The molecule has 1 heterocycles. The van der Waals surface area contributed by atoms with Gasteiger partial charge in [-0.2, -0.15) is 0 Å². The number of methoxy groups -OCH3 is 1. The molecule has 0 aliphatic heterocycles. The van der Waals surface area contributed by atoms with Gasteiger partial charge in [0.2, 0.25) is 0 Å². The number of benzene rings is 1. The molecule has 0 radical (unpaired) electrons. The van der Waals surface area contributed by atoms with Crippen molar-refractivity contribution >= 4 is 40.6 Å². The van der Waals surface area contributed by atoms with Crippen molar-refractivity contribution in [2.75, 3.05) is 25.6 Å². The van der Waals surface area contributed by atoms with Gasteiger partial charge in [0, 0.05) is 24.7 Å². The number of ether oxygens (including phenoxy) is 1. The molecule has 0 aliphatic rings.